The number of hydrogen-bond donors (Lipinski definition) is 0. The molecule has 1 amide bonds. The van der Waals surface area contributed by atoms with Gasteiger partial charge in [-0.25, -0.2) is 4.79 Å². The highest BCUT2D eigenvalue weighted by Gasteiger charge is 2.65. The van der Waals surface area contributed by atoms with E-state index in [0.29, 0.717) is 12.8 Å². The average molecular weight is 273 g/mol. The van der Waals surface area contributed by atoms with E-state index in [1.54, 1.807) is 6.07 Å². The van der Waals surface area contributed by atoms with E-state index in [4.69, 9.17) is 10.1 Å². The van der Waals surface area contributed by atoms with Crippen LogP contribution in [-0.4, -0.2) is 29.9 Å². The number of amides is 1. The Labute approximate surface area is 107 Å². The smallest absolute Gasteiger partial charge is 0.221 e. The van der Waals surface area contributed by atoms with Crippen molar-refractivity contribution < 1.29 is 27.4 Å². The number of halogens is 3. The first-order valence-electron chi connectivity index (χ1n) is 5.72. The van der Waals surface area contributed by atoms with Crippen LogP contribution >= 0.6 is 0 Å². The SMILES string of the molecule is CO[N+]1(C(C2CC2)C(F)(F)F)C=CC=C(C#N)C1=O. The van der Waals surface area contributed by atoms with Crippen LogP contribution in [0.15, 0.2) is 23.9 Å². The van der Waals surface area contributed by atoms with E-state index in [0.717, 1.165) is 13.3 Å². The minimum Gasteiger partial charge on any atom is -0.221 e. The zero-order chi connectivity index (χ0) is 14.3. The van der Waals surface area contributed by atoms with Crippen LogP contribution in [0.5, 0.6) is 0 Å². The van der Waals surface area contributed by atoms with Crippen LogP contribution in [0.2, 0.25) is 0 Å². The van der Waals surface area contributed by atoms with Crippen LogP contribution in [0.25, 0.3) is 0 Å². The Morgan fingerprint density at radius 2 is 2.16 bits per heavy atom. The van der Waals surface area contributed by atoms with Crippen molar-refractivity contribution >= 4 is 5.91 Å². The van der Waals surface area contributed by atoms with Gasteiger partial charge in [-0.15, -0.1) is 0 Å². The van der Waals surface area contributed by atoms with E-state index in [1.165, 1.54) is 12.2 Å². The van der Waals surface area contributed by atoms with Gasteiger partial charge in [0.15, 0.2) is 5.57 Å². The Hall–Kier alpha value is -1.65. The first-order valence-corrected chi connectivity index (χ1v) is 5.72. The summed E-state index contributed by atoms with van der Waals surface area (Å²) in [6, 6.07) is -0.354. The van der Waals surface area contributed by atoms with Crippen molar-refractivity contribution in [3.05, 3.63) is 23.9 Å². The third-order valence-corrected chi connectivity index (χ3v) is 3.36. The van der Waals surface area contributed by atoms with Gasteiger partial charge in [0.25, 0.3) is 0 Å². The summed E-state index contributed by atoms with van der Waals surface area (Å²) in [5.74, 6) is -1.62. The normalized spacial score (nSPS) is 28.8. The molecule has 0 N–H and O–H groups in total. The molecule has 102 valence electrons. The predicted molar refractivity (Wildman–Crippen MR) is 57.7 cm³/mol. The van der Waals surface area contributed by atoms with E-state index < -0.39 is 28.7 Å². The lowest BCUT2D eigenvalue weighted by atomic mass is 10.1. The average Bonchev–Trinajstić information content (AvgIpc) is 3.14. The maximum absolute atomic E-state index is 13.2. The number of carbonyl (C=O) groups excluding carboxylic acids is 1. The molecule has 0 spiro atoms. The van der Waals surface area contributed by atoms with Gasteiger partial charge < -0.3 is 0 Å². The number of hydrogen-bond acceptors (Lipinski definition) is 3. The number of hydroxylamine groups is 3. The Balaban J connectivity index is 2.48. The molecule has 1 saturated carbocycles. The first kappa shape index (κ1) is 13.8. The topological polar surface area (TPSA) is 50.1 Å². The van der Waals surface area contributed by atoms with Crippen LogP contribution in [0.3, 0.4) is 0 Å². The van der Waals surface area contributed by atoms with Crippen molar-refractivity contribution in [2.45, 2.75) is 25.1 Å². The number of allylic oxidation sites excluding steroid dienone is 2. The van der Waals surface area contributed by atoms with Gasteiger partial charge in [-0.1, -0.05) is 4.65 Å². The van der Waals surface area contributed by atoms with Gasteiger partial charge in [0.05, 0.1) is 7.11 Å². The zero-order valence-electron chi connectivity index (χ0n) is 10.1. The van der Waals surface area contributed by atoms with Crippen LogP contribution in [0, 0.1) is 17.2 Å². The number of nitrogens with zero attached hydrogens (tertiary/aromatic N) is 2. The van der Waals surface area contributed by atoms with E-state index in [-0.39, 0.29) is 5.57 Å². The molecule has 19 heavy (non-hydrogen) atoms. The van der Waals surface area contributed by atoms with Gasteiger partial charge in [-0.3, -0.25) is 0 Å². The number of nitriles is 1. The number of carbonyl (C=O) groups is 1. The summed E-state index contributed by atoms with van der Waals surface area (Å²) < 4.78 is 38.4. The molecule has 2 aliphatic rings. The van der Waals surface area contributed by atoms with Gasteiger partial charge in [0, 0.05) is 5.92 Å². The molecule has 4 nitrogen and oxygen atoms in total. The van der Waals surface area contributed by atoms with Crippen LogP contribution in [0.4, 0.5) is 13.2 Å². The van der Waals surface area contributed by atoms with Crippen molar-refractivity contribution in [2.24, 2.45) is 5.92 Å². The predicted octanol–water partition coefficient (Wildman–Crippen LogP) is 2.21. The van der Waals surface area contributed by atoms with Crippen LogP contribution in [0.1, 0.15) is 12.8 Å². The van der Waals surface area contributed by atoms with Crippen molar-refractivity contribution in [1.29, 1.82) is 5.26 Å². The van der Waals surface area contributed by atoms with E-state index in [9.17, 15) is 18.0 Å². The van der Waals surface area contributed by atoms with Gasteiger partial charge in [0.2, 0.25) is 6.04 Å². The maximum Gasteiger partial charge on any atom is 0.445 e. The summed E-state index contributed by atoms with van der Waals surface area (Å²) in [5, 5.41) is 8.81. The molecule has 1 fully saturated rings. The summed E-state index contributed by atoms with van der Waals surface area (Å²) in [6.07, 6.45) is -0.266. The third kappa shape index (κ3) is 2.17. The molecule has 0 aromatic heterocycles. The molecule has 0 aromatic carbocycles. The van der Waals surface area contributed by atoms with Crippen molar-refractivity contribution in [2.75, 3.05) is 7.11 Å². The Kier molecular flexibility index (Phi) is 3.24. The molecular weight excluding hydrogens is 261 g/mol. The summed E-state index contributed by atoms with van der Waals surface area (Å²) in [7, 11) is 1.05. The van der Waals surface area contributed by atoms with Gasteiger partial charge in [-0.2, -0.15) is 23.3 Å². The van der Waals surface area contributed by atoms with Crippen LogP contribution in [-0.2, 0) is 9.63 Å². The molecule has 0 radical (unpaired) electrons. The van der Waals surface area contributed by atoms with E-state index in [2.05, 4.69) is 0 Å². The summed E-state index contributed by atoms with van der Waals surface area (Å²) in [5.41, 5.74) is -0.334. The summed E-state index contributed by atoms with van der Waals surface area (Å²) in [6.45, 7) is 0. The molecule has 0 bridgehead atoms. The van der Waals surface area contributed by atoms with Crippen molar-refractivity contribution in [1.82, 2.24) is 0 Å². The number of alkyl halides is 3. The molecule has 2 unspecified atom stereocenters. The lowest BCUT2D eigenvalue weighted by molar-refractivity contribution is -1.03. The number of quaternary nitrogens is 1. The maximum atomic E-state index is 13.2. The Morgan fingerprint density at radius 3 is 2.58 bits per heavy atom. The molecule has 1 aliphatic heterocycles. The monoisotopic (exact) mass is 273 g/mol. The van der Waals surface area contributed by atoms with Crippen molar-refractivity contribution in [3.8, 4) is 6.07 Å². The zero-order valence-corrected chi connectivity index (χ0v) is 10.1. The molecular formula is C12H12F3N2O2+. The minimum atomic E-state index is -4.57. The third-order valence-electron chi connectivity index (χ3n) is 3.36. The molecule has 1 aliphatic carbocycles. The summed E-state index contributed by atoms with van der Waals surface area (Å²) in [4.78, 5) is 17.0. The van der Waals surface area contributed by atoms with Crippen LogP contribution < -0.4 is 0 Å². The lowest BCUT2D eigenvalue weighted by Crippen LogP contribution is -2.62. The fourth-order valence-corrected chi connectivity index (χ4v) is 2.37. The van der Waals surface area contributed by atoms with Gasteiger partial charge in [-0.05, 0) is 25.0 Å². The Bertz CT molecular complexity index is 500. The largest absolute Gasteiger partial charge is 0.445 e. The summed E-state index contributed by atoms with van der Waals surface area (Å²) >= 11 is 0. The molecule has 0 saturated heterocycles. The molecule has 2 rings (SSSR count). The standard InChI is InChI=1S/C12H12F3N2O2/c1-19-17(6-2-3-9(7-16)11(17)18)10(8-4-5-8)12(13,14)15/h2-3,6,8,10H,4-5H2,1H3/q+1. The minimum absolute atomic E-state index is 0.334. The Morgan fingerprint density at radius 1 is 1.53 bits per heavy atom. The molecule has 7 heteroatoms. The highest BCUT2D eigenvalue weighted by atomic mass is 19.4. The fourth-order valence-electron chi connectivity index (χ4n) is 2.37. The van der Waals surface area contributed by atoms with Gasteiger partial charge in [0.1, 0.15) is 12.3 Å². The first-order chi connectivity index (χ1) is 8.86. The fraction of sp³-hybridized carbons (Fsp3) is 0.500. The molecule has 1 heterocycles. The highest BCUT2D eigenvalue weighted by Crippen LogP contribution is 2.47. The lowest BCUT2D eigenvalue weighted by Gasteiger charge is -2.36. The van der Waals surface area contributed by atoms with Gasteiger partial charge >= 0.3 is 12.1 Å². The molecule has 0 aromatic rings. The second kappa shape index (κ2) is 4.47. The quantitative estimate of drug-likeness (QED) is 0.741. The second-order valence-electron chi connectivity index (χ2n) is 4.55. The van der Waals surface area contributed by atoms with Crippen molar-refractivity contribution in [3.63, 3.8) is 0 Å². The van der Waals surface area contributed by atoms with E-state index in [1.807, 2.05) is 0 Å². The highest BCUT2D eigenvalue weighted by molar-refractivity contribution is 5.93. The van der Waals surface area contributed by atoms with E-state index >= 15 is 0 Å². The molecule has 2 atom stereocenters. The number of rotatable bonds is 3. The second-order valence-corrected chi connectivity index (χ2v) is 4.55.